The van der Waals surface area contributed by atoms with Gasteiger partial charge in [-0.05, 0) is 125 Å². The fourth-order valence-corrected chi connectivity index (χ4v) is 8.54. The summed E-state index contributed by atoms with van der Waals surface area (Å²) in [5.41, 5.74) is 0.485. The van der Waals surface area contributed by atoms with Crippen LogP contribution in [0.15, 0.2) is 0 Å². The predicted octanol–water partition coefficient (Wildman–Crippen LogP) is 14.8. The van der Waals surface area contributed by atoms with Crippen molar-refractivity contribution in [1.82, 2.24) is 4.90 Å². The maximum atomic E-state index is 12.4. The molecule has 0 N–H and O–H groups in total. The van der Waals surface area contributed by atoms with Gasteiger partial charge in [-0.2, -0.15) is 0 Å². The van der Waals surface area contributed by atoms with Crippen LogP contribution in [-0.4, -0.2) is 49.7 Å². The lowest BCUT2D eigenvalue weighted by atomic mass is 9.76. The number of esters is 2. The van der Waals surface area contributed by atoms with Gasteiger partial charge in [0.2, 0.25) is 0 Å². The van der Waals surface area contributed by atoms with E-state index < -0.39 is 0 Å². The third-order valence-electron chi connectivity index (χ3n) is 13.1. The minimum Gasteiger partial charge on any atom is -0.465 e. The normalized spacial score (nSPS) is 16.0. The van der Waals surface area contributed by atoms with Gasteiger partial charge in [0, 0.05) is 12.8 Å². The Labute approximate surface area is 344 Å². The third kappa shape index (κ3) is 29.7. The SMILES string of the molecule is CC(C)CCC(COC(=O)CCCCCCCCCC(C)(CCCCCCCCCC(=O)OCC(CCC(C)C)C(C)C)CCCCN1CCCC1)C(C)C. The number of hydrogen-bond acceptors (Lipinski definition) is 5. The summed E-state index contributed by atoms with van der Waals surface area (Å²) in [5, 5.41) is 0. The minimum atomic E-state index is 0.00633. The smallest absolute Gasteiger partial charge is 0.305 e. The fourth-order valence-electron chi connectivity index (χ4n) is 8.54. The van der Waals surface area contributed by atoms with Crippen LogP contribution in [0.25, 0.3) is 0 Å². The first-order valence-electron chi connectivity index (χ1n) is 24.3. The van der Waals surface area contributed by atoms with Gasteiger partial charge < -0.3 is 14.4 Å². The topological polar surface area (TPSA) is 55.8 Å². The molecular formula is C50H97NO4. The first-order chi connectivity index (χ1) is 26.3. The van der Waals surface area contributed by atoms with Gasteiger partial charge in [-0.1, -0.05) is 159 Å². The molecule has 0 aromatic carbocycles. The number of ether oxygens (including phenoxy) is 2. The van der Waals surface area contributed by atoms with Crippen LogP contribution < -0.4 is 0 Å². The van der Waals surface area contributed by atoms with E-state index in [2.05, 4.69) is 67.2 Å². The average molecular weight is 776 g/mol. The van der Waals surface area contributed by atoms with Crippen molar-refractivity contribution < 1.29 is 19.1 Å². The highest BCUT2D eigenvalue weighted by molar-refractivity contribution is 5.69. The summed E-state index contributed by atoms with van der Waals surface area (Å²) in [7, 11) is 0. The molecule has 326 valence electrons. The maximum Gasteiger partial charge on any atom is 0.305 e. The van der Waals surface area contributed by atoms with Crippen molar-refractivity contribution in [2.24, 2.45) is 40.9 Å². The Morgan fingerprint density at radius 2 is 0.836 bits per heavy atom. The van der Waals surface area contributed by atoms with E-state index in [1.54, 1.807) is 0 Å². The molecule has 1 fully saturated rings. The molecule has 0 amide bonds. The first-order valence-corrected chi connectivity index (χ1v) is 24.3. The van der Waals surface area contributed by atoms with E-state index >= 15 is 0 Å². The molecule has 5 nitrogen and oxygen atoms in total. The van der Waals surface area contributed by atoms with Gasteiger partial charge in [-0.3, -0.25) is 9.59 Å². The Morgan fingerprint density at radius 1 is 0.491 bits per heavy atom. The zero-order chi connectivity index (χ0) is 40.7. The maximum absolute atomic E-state index is 12.4. The van der Waals surface area contributed by atoms with E-state index in [0.29, 0.717) is 67.0 Å². The standard InChI is InChI=1S/C50H97NO4/c1-42(2)30-32-46(44(5)6)40-54-48(52)28-20-16-12-10-14-18-22-34-50(9,36-24-25-37-51-38-26-27-39-51)35-23-19-15-11-13-17-21-29-49(53)55-41-47(45(7)8)33-31-43(3)4/h42-47H,10-41H2,1-9H3. The highest BCUT2D eigenvalue weighted by Gasteiger charge is 2.23. The van der Waals surface area contributed by atoms with E-state index in [4.69, 9.17) is 9.47 Å². The van der Waals surface area contributed by atoms with Gasteiger partial charge in [0.15, 0.2) is 0 Å². The molecule has 1 rings (SSSR count). The van der Waals surface area contributed by atoms with E-state index in [-0.39, 0.29) is 11.9 Å². The number of hydrogen-bond donors (Lipinski definition) is 0. The summed E-state index contributed by atoms with van der Waals surface area (Å²) in [6, 6.07) is 0. The van der Waals surface area contributed by atoms with E-state index in [9.17, 15) is 9.59 Å². The Balaban J connectivity index is 2.24. The van der Waals surface area contributed by atoms with Gasteiger partial charge in [0.1, 0.15) is 0 Å². The third-order valence-corrected chi connectivity index (χ3v) is 13.1. The molecular weight excluding hydrogens is 679 g/mol. The molecule has 0 bridgehead atoms. The monoisotopic (exact) mass is 776 g/mol. The lowest BCUT2D eigenvalue weighted by Crippen LogP contribution is -2.21. The van der Waals surface area contributed by atoms with Crippen molar-refractivity contribution in [2.45, 2.75) is 236 Å². The highest BCUT2D eigenvalue weighted by atomic mass is 16.5. The van der Waals surface area contributed by atoms with Crippen LogP contribution in [0.5, 0.6) is 0 Å². The van der Waals surface area contributed by atoms with Gasteiger partial charge in [-0.15, -0.1) is 0 Å². The largest absolute Gasteiger partial charge is 0.465 e. The summed E-state index contributed by atoms with van der Waals surface area (Å²) in [6.07, 6.45) is 33.0. The molecule has 1 heterocycles. The van der Waals surface area contributed by atoms with Crippen LogP contribution in [0.3, 0.4) is 0 Å². The van der Waals surface area contributed by atoms with E-state index in [1.165, 1.54) is 142 Å². The second-order valence-electron chi connectivity index (χ2n) is 20.1. The summed E-state index contributed by atoms with van der Waals surface area (Å²) in [5.74, 6) is 3.53. The van der Waals surface area contributed by atoms with Crippen LogP contribution in [0, 0.1) is 40.9 Å². The van der Waals surface area contributed by atoms with E-state index in [0.717, 1.165) is 38.5 Å². The molecule has 0 radical (unpaired) electrons. The summed E-state index contributed by atoms with van der Waals surface area (Å²) in [4.78, 5) is 27.4. The quantitative estimate of drug-likeness (QED) is 0.0465. The molecule has 1 saturated heterocycles. The molecule has 55 heavy (non-hydrogen) atoms. The number of likely N-dealkylation sites (tertiary alicyclic amines) is 1. The molecule has 2 atom stereocenters. The Hall–Kier alpha value is -1.10. The zero-order valence-corrected chi connectivity index (χ0v) is 38.7. The van der Waals surface area contributed by atoms with Crippen LogP contribution in [-0.2, 0) is 19.1 Å². The Morgan fingerprint density at radius 3 is 1.20 bits per heavy atom. The van der Waals surface area contributed by atoms with Gasteiger partial charge in [0.05, 0.1) is 13.2 Å². The molecule has 2 unspecified atom stereocenters. The number of rotatable bonds is 37. The molecule has 0 aliphatic carbocycles. The van der Waals surface area contributed by atoms with Crippen LogP contribution in [0.2, 0.25) is 0 Å². The van der Waals surface area contributed by atoms with Gasteiger partial charge in [0.25, 0.3) is 0 Å². The lowest BCUT2D eigenvalue weighted by Gasteiger charge is -2.30. The van der Waals surface area contributed by atoms with Crippen LogP contribution in [0.1, 0.15) is 236 Å². The summed E-state index contributed by atoms with van der Waals surface area (Å²) in [6.45, 7) is 25.8. The van der Waals surface area contributed by atoms with Crippen molar-refractivity contribution in [3.05, 3.63) is 0 Å². The number of nitrogens with zero attached hydrogens (tertiary/aromatic N) is 1. The van der Waals surface area contributed by atoms with Crippen molar-refractivity contribution in [1.29, 1.82) is 0 Å². The second kappa shape index (κ2) is 32.8. The first kappa shape index (κ1) is 51.9. The molecule has 1 aliphatic heterocycles. The molecule has 1 aliphatic rings. The minimum absolute atomic E-state index is 0.00633. The van der Waals surface area contributed by atoms with E-state index in [1.807, 2.05) is 0 Å². The molecule has 5 heteroatoms. The zero-order valence-electron chi connectivity index (χ0n) is 38.7. The van der Waals surface area contributed by atoms with Crippen molar-refractivity contribution in [3.8, 4) is 0 Å². The molecule has 0 aromatic rings. The van der Waals surface area contributed by atoms with Crippen molar-refractivity contribution in [2.75, 3.05) is 32.8 Å². The number of carbonyl (C=O) groups excluding carboxylic acids is 2. The summed E-state index contributed by atoms with van der Waals surface area (Å²) >= 11 is 0. The van der Waals surface area contributed by atoms with Crippen molar-refractivity contribution in [3.63, 3.8) is 0 Å². The predicted molar refractivity (Wildman–Crippen MR) is 237 cm³/mol. The molecule has 0 saturated carbocycles. The fraction of sp³-hybridized carbons (Fsp3) is 0.960. The lowest BCUT2D eigenvalue weighted by molar-refractivity contribution is -0.146. The second-order valence-corrected chi connectivity index (χ2v) is 20.1. The average Bonchev–Trinajstić information content (AvgIpc) is 3.65. The van der Waals surface area contributed by atoms with Gasteiger partial charge in [-0.25, -0.2) is 0 Å². The number of carbonyl (C=O) groups is 2. The Bertz CT molecular complexity index is 849. The van der Waals surface area contributed by atoms with Crippen LogP contribution in [0.4, 0.5) is 0 Å². The van der Waals surface area contributed by atoms with Gasteiger partial charge >= 0.3 is 11.9 Å². The van der Waals surface area contributed by atoms with Crippen molar-refractivity contribution >= 4 is 11.9 Å². The summed E-state index contributed by atoms with van der Waals surface area (Å²) < 4.78 is 11.4. The number of unbranched alkanes of at least 4 members (excludes halogenated alkanes) is 13. The molecule has 0 aromatic heterocycles. The highest BCUT2D eigenvalue weighted by Crippen LogP contribution is 2.37. The van der Waals surface area contributed by atoms with Crippen LogP contribution >= 0.6 is 0 Å². The molecule has 0 spiro atoms. The Kier molecular flexibility index (Phi) is 31.0.